The van der Waals surface area contributed by atoms with Crippen LogP contribution in [0.15, 0.2) is 11.6 Å². The Bertz CT molecular complexity index is 450. The van der Waals surface area contributed by atoms with Crippen LogP contribution in [-0.4, -0.2) is 17.5 Å². The summed E-state index contributed by atoms with van der Waals surface area (Å²) in [5.74, 6) is 1.69. The van der Waals surface area contributed by atoms with Crippen LogP contribution < -0.4 is 0 Å². The minimum absolute atomic E-state index is 0.322. The minimum Gasteiger partial charge on any atom is -0.392 e. The Hall–Kier alpha value is -0.630. The van der Waals surface area contributed by atoms with Crippen molar-refractivity contribution in [3.63, 3.8) is 0 Å². The highest BCUT2D eigenvalue weighted by Gasteiger charge is 2.55. The zero-order valence-corrected chi connectivity index (χ0v) is 13.8. The average Bonchev–Trinajstić information content (AvgIpc) is 2.58. The molecule has 0 aromatic rings. The Kier molecular flexibility index (Phi) is 3.80. The van der Waals surface area contributed by atoms with Crippen LogP contribution >= 0.6 is 0 Å². The number of rotatable bonds is 1. The number of aliphatic hydroxyl groups is 1. The summed E-state index contributed by atoms with van der Waals surface area (Å²) in [4.78, 5) is 11.2. The van der Waals surface area contributed by atoms with E-state index < -0.39 is 0 Å². The normalized spacial score (nSPS) is 45.8. The topological polar surface area (TPSA) is 37.3 Å². The van der Waals surface area contributed by atoms with Crippen LogP contribution in [0.2, 0.25) is 0 Å². The highest BCUT2D eigenvalue weighted by atomic mass is 16.3. The fourth-order valence-electron chi connectivity index (χ4n) is 6.13. The molecular formula is C19H30O2. The van der Waals surface area contributed by atoms with Crippen LogP contribution in [0.5, 0.6) is 0 Å². The van der Waals surface area contributed by atoms with E-state index in [9.17, 15) is 9.90 Å². The van der Waals surface area contributed by atoms with Gasteiger partial charge in [0.15, 0.2) is 0 Å². The van der Waals surface area contributed by atoms with Crippen LogP contribution in [0.3, 0.4) is 0 Å². The van der Waals surface area contributed by atoms with Gasteiger partial charge in [-0.15, -0.1) is 0 Å². The molecule has 118 valence electrons. The van der Waals surface area contributed by atoms with Gasteiger partial charge in [-0.2, -0.15) is 0 Å². The van der Waals surface area contributed by atoms with Gasteiger partial charge >= 0.3 is 0 Å². The molecule has 5 unspecified atom stereocenters. The molecule has 0 amide bonds. The highest BCUT2D eigenvalue weighted by molar-refractivity contribution is 5.73. The molecule has 5 atom stereocenters. The predicted molar refractivity (Wildman–Crippen MR) is 84.8 cm³/mol. The molecular weight excluding hydrogens is 260 g/mol. The molecule has 0 bridgehead atoms. The molecule has 0 aromatic carbocycles. The predicted octanol–water partition coefficient (Wildman–Crippen LogP) is 4.13. The van der Waals surface area contributed by atoms with Crippen LogP contribution in [0, 0.1) is 28.6 Å². The number of aldehydes is 1. The summed E-state index contributed by atoms with van der Waals surface area (Å²) < 4.78 is 0. The largest absolute Gasteiger partial charge is 0.392 e. The van der Waals surface area contributed by atoms with Gasteiger partial charge in [-0.05, 0) is 66.3 Å². The summed E-state index contributed by atoms with van der Waals surface area (Å²) in [7, 11) is 0. The van der Waals surface area contributed by atoms with E-state index in [-0.39, 0.29) is 6.10 Å². The van der Waals surface area contributed by atoms with E-state index in [1.165, 1.54) is 25.7 Å². The summed E-state index contributed by atoms with van der Waals surface area (Å²) in [6, 6.07) is 0. The third-order valence-corrected chi connectivity index (χ3v) is 7.15. The lowest BCUT2D eigenvalue weighted by Crippen LogP contribution is -2.53. The fourth-order valence-corrected chi connectivity index (χ4v) is 6.13. The molecule has 0 spiro atoms. The van der Waals surface area contributed by atoms with Gasteiger partial charge < -0.3 is 5.11 Å². The first kappa shape index (κ1) is 15.3. The lowest BCUT2D eigenvalue weighted by atomic mass is 9.45. The van der Waals surface area contributed by atoms with Crippen molar-refractivity contribution in [3.05, 3.63) is 11.6 Å². The van der Waals surface area contributed by atoms with Crippen molar-refractivity contribution in [3.8, 4) is 0 Å². The van der Waals surface area contributed by atoms with Gasteiger partial charge in [0.05, 0.1) is 6.10 Å². The van der Waals surface area contributed by atoms with E-state index in [4.69, 9.17) is 0 Å². The molecule has 21 heavy (non-hydrogen) atoms. The number of hydrogen-bond donors (Lipinski definition) is 1. The van der Waals surface area contributed by atoms with E-state index in [1.54, 1.807) is 0 Å². The van der Waals surface area contributed by atoms with Crippen molar-refractivity contribution >= 4 is 6.29 Å². The van der Waals surface area contributed by atoms with Gasteiger partial charge in [0, 0.05) is 6.42 Å². The number of aliphatic hydroxyl groups excluding tert-OH is 1. The Morgan fingerprint density at radius 2 is 2.00 bits per heavy atom. The molecule has 3 rings (SSSR count). The molecule has 0 heterocycles. The second kappa shape index (κ2) is 5.22. The highest BCUT2D eigenvalue weighted by Crippen LogP contribution is 2.62. The quantitative estimate of drug-likeness (QED) is 0.737. The summed E-state index contributed by atoms with van der Waals surface area (Å²) in [6.45, 7) is 7.35. The Balaban J connectivity index is 1.95. The van der Waals surface area contributed by atoms with Crippen LogP contribution in [0.1, 0.15) is 65.7 Å². The molecule has 1 N–H and O–H groups in total. The summed E-state index contributed by atoms with van der Waals surface area (Å²) in [6.07, 6.45) is 10.6. The monoisotopic (exact) mass is 290 g/mol. The van der Waals surface area contributed by atoms with Gasteiger partial charge in [-0.3, -0.25) is 4.79 Å². The molecule has 2 saturated carbocycles. The summed E-state index contributed by atoms with van der Waals surface area (Å²) >= 11 is 0. The molecule has 2 heteroatoms. The van der Waals surface area contributed by atoms with E-state index in [1.807, 2.05) is 0 Å². The van der Waals surface area contributed by atoms with E-state index in [0.29, 0.717) is 29.1 Å². The Morgan fingerprint density at radius 3 is 2.71 bits per heavy atom. The fraction of sp³-hybridized carbons (Fsp3) is 0.842. The van der Waals surface area contributed by atoms with Gasteiger partial charge in [0.1, 0.15) is 6.29 Å². The Labute approximate surface area is 129 Å². The van der Waals surface area contributed by atoms with Crippen molar-refractivity contribution < 1.29 is 9.90 Å². The van der Waals surface area contributed by atoms with Crippen LogP contribution in [0.25, 0.3) is 0 Å². The number of fused-ring (bicyclic) bond motifs is 3. The first-order chi connectivity index (χ1) is 9.88. The summed E-state index contributed by atoms with van der Waals surface area (Å²) in [5, 5.41) is 10.6. The third kappa shape index (κ3) is 2.40. The van der Waals surface area contributed by atoms with Gasteiger partial charge in [-0.1, -0.05) is 33.3 Å². The zero-order chi connectivity index (χ0) is 15.3. The van der Waals surface area contributed by atoms with Crippen molar-refractivity contribution in [2.24, 2.45) is 28.6 Å². The smallest absolute Gasteiger partial charge is 0.145 e. The molecule has 2 fully saturated rings. The maximum Gasteiger partial charge on any atom is 0.145 e. The van der Waals surface area contributed by atoms with Crippen LogP contribution in [0.4, 0.5) is 0 Å². The minimum atomic E-state index is -0.322. The number of allylic oxidation sites excluding steroid dienone is 1. The molecule has 2 nitrogen and oxygen atoms in total. The second-order valence-corrected chi connectivity index (χ2v) is 8.65. The number of carbonyl (C=O) groups excluding carboxylic acids is 1. The van der Waals surface area contributed by atoms with Crippen molar-refractivity contribution in [1.29, 1.82) is 0 Å². The SMILES string of the molecule is CC1(C)CCCC2(C)C3CC=C(C=O)CC(O)C3CCC12. The third-order valence-electron chi connectivity index (χ3n) is 7.15. The first-order valence-electron chi connectivity index (χ1n) is 8.71. The maximum atomic E-state index is 11.2. The zero-order valence-electron chi connectivity index (χ0n) is 13.8. The number of hydrogen-bond acceptors (Lipinski definition) is 2. The molecule has 0 radical (unpaired) electrons. The van der Waals surface area contributed by atoms with Gasteiger partial charge in [0.25, 0.3) is 0 Å². The van der Waals surface area contributed by atoms with E-state index in [2.05, 4.69) is 26.8 Å². The first-order valence-corrected chi connectivity index (χ1v) is 8.71. The van der Waals surface area contributed by atoms with Crippen LogP contribution in [-0.2, 0) is 4.79 Å². The second-order valence-electron chi connectivity index (χ2n) is 8.65. The standard InChI is InChI=1S/C19H30O2/c1-18(2)9-4-10-19(3)15-7-5-13(12-20)11-16(21)14(15)6-8-17(18)19/h5,12,14-17,21H,4,6-11H2,1-3H3. The molecule has 0 aromatic heterocycles. The van der Waals surface area contributed by atoms with Crippen molar-refractivity contribution in [2.45, 2.75) is 71.8 Å². The molecule has 0 aliphatic heterocycles. The average molecular weight is 290 g/mol. The van der Waals surface area contributed by atoms with E-state index >= 15 is 0 Å². The Morgan fingerprint density at radius 1 is 1.24 bits per heavy atom. The molecule has 3 aliphatic carbocycles. The van der Waals surface area contributed by atoms with E-state index in [0.717, 1.165) is 30.6 Å². The number of carbonyl (C=O) groups is 1. The van der Waals surface area contributed by atoms with Gasteiger partial charge in [0.2, 0.25) is 0 Å². The summed E-state index contributed by atoms with van der Waals surface area (Å²) in [5.41, 5.74) is 1.57. The lowest BCUT2D eigenvalue weighted by Gasteiger charge is -2.59. The van der Waals surface area contributed by atoms with Gasteiger partial charge in [-0.25, -0.2) is 0 Å². The van der Waals surface area contributed by atoms with Crippen molar-refractivity contribution in [1.82, 2.24) is 0 Å². The molecule has 0 saturated heterocycles. The maximum absolute atomic E-state index is 11.2. The molecule has 3 aliphatic rings. The van der Waals surface area contributed by atoms with Crippen molar-refractivity contribution in [2.75, 3.05) is 0 Å². The lowest BCUT2D eigenvalue weighted by molar-refractivity contribution is -0.118.